The smallest absolute Gasteiger partial charge is 0.338 e. The molecule has 0 saturated carbocycles. The lowest BCUT2D eigenvalue weighted by Crippen LogP contribution is -2.20. The molecule has 3 rings (SSSR count). The molecule has 126 valence electrons. The highest BCUT2D eigenvalue weighted by Crippen LogP contribution is 2.13. The SMILES string of the molecule is O=C(COC(=O)c1ccc(-n2cnnn2)cc1)Nc1ccc(Cl)cc1. The Morgan fingerprint density at radius 1 is 1.08 bits per heavy atom. The van der Waals surface area contributed by atoms with Crippen molar-refractivity contribution in [1.29, 1.82) is 0 Å². The summed E-state index contributed by atoms with van der Waals surface area (Å²) in [4.78, 5) is 23.8. The van der Waals surface area contributed by atoms with E-state index in [2.05, 4.69) is 20.8 Å². The molecule has 0 aliphatic heterocycles. The number of hydrogen-bond donors (Lipinski definition) is 1. The van der Waals surface area contributed by atoms with Crippen molar-refractivity contribution in [3.8, 4) is 5.69 Å². The molecule has 25 heavy (non-hydrogen) atoms. The standard InChI is InChI=1S/C16H12ClN5O3/c17-12-3-5-13(6-4-12)19-15(23)9-25-16(24)11-1-7-14(8-2-11)22-10-18-20-21-22/h1-8,10H,9H2,(H,19,23). The van der Waals surface area contributed by atoms with Crippen LogP contribution in [0.5, 0.6) is 0 Å². The third kappa shape index (κ3) is 4.39. The highest BCUT2D eigenvalue weighted by atomic mass is 35.5. The molecule has 9 heteroatoms. The molecule has 0 atom stereocenters. The van der Waals surface area contributed by atoms with Crippen molar-refractivity contribution in [2.75, 3.05) is 11.9 Å². The van der Waals surface area contributed by atoms with Gasteiger partial charge in [0.2, 0.25) is 0 Å². The first-order valence-electron chi connectivity index (χ1n) is 7.18. The quantitative estimate of drug-likeness (QED) is 0.702. The van der Waals surface area contributed by atoms with Gasteiger partial charge in [0, 0.05) is 10.7 Å². The van der Waals surface area contributed by atoms with Gasteiger partial charge in [-0.1, -0.05) is 11.6 Å². The summed E-state index contributed by atoms with van der Waals surface area (Å²) >= 11 is 5.77. The first-order valence-corrected chi connectivity index (χ1v) is 7.55. The van der Waals surface area contributed by atoms with Crippen molar-refractivity contribution in [1.82, 2.24) is 20.2 Å². The molecule has 2 aromatic carbocycles. The van der Waals surface area contributed by atoms with Crippen LogP contribution in [0.25, 0.3) is 5.69 Å². The predicted molar refractivity (Wildman–Crippen MR) is 89.5 cm³/mol. The predicted octanol–water partition coefficient (Wildman–Crippen LogP) is 2.11. The van der Waals surface area contributed by atoms with Crippen LogP contribution in [0, 0.1) is 0 Å². The molecule has 0 unspecified atom stereocenters. The van der Waals surface area contributed by atoms with E-state index in [1.807, 2.05) is 0 Å². The second kappa shape index (κ2) is 7.54. The number of esters is 1. The van der Waals surface area contributed by atoms with E-state index in [1.165, 1.54) is 11.0 Å². The first-order chi connectivity index (χ1) is 12.1. The van der Waals surface area contributed by atoms with Gasteiger partial charge in [0.05, 0.1) is 11.3 Å². The molecular formula is C16H12ClN5O3. The maximum Gasteiger partial charge on any atom is 0.338 e. The van der Waals surface area contributed by atoms with Crippen LogP contribution in [-0.4, -0.2) is 38.7 Å². The van der Waals surface area contributed by atoms with Crippen LogP contribution in [0.1, 0.15) is 10.4 Å². The number of nitrogens with one attached hydrogen (secondary N) is 1. The summed E-state index contributed by atoms with van der Waals surface area (Å²) in [6, 6.07) is 13.1. The van der Waals surface area contributed by atoms with E-state index < -0.39 is 18.5 Å². The molecule has 1 aromatic heterocycles. The second-order valence-corrected chi connectivity index (χ2v) is 5.37. The molecule has 1 heterocycles. The molecule has 3 aromatic rings. The van der Waals surface area contributed by atoms with E-state index in [1.54, 1.807) is 48.5 Å². The van der Waals surface area contributed by atoms with Gasteiger partial charge in [0.15, 0.2) is 6.61 Å². The van der Waals surface area contributed by atoms with Crippen molar-refractivity contribution < 1.29 is 14.3 Å². The average molecular weight is 358 g/mol. The Kier molecular flexibility index (Phi) is 5.00. The topological polar surface area (TPSA) is 99.0 Å². The zero-order chi connectivity index (χ0) is 17.6. The van der Waals surface area contributed by atoms with Crippen LogP contribution < -0.4 is 5.32 Å². The van der Waals surface area contributed by atoms with E-state index >= 15 is 0 Å². The molecular weight excluding hydrogens is 346 g/mol. The number of carbonyl (C=O) groups excluding carboxylic acids is 2. The number of tetrazole rings is 1. The Hall–Kier alpha value is -3.26. The zero-order valence-electron chi connectivity index (χ0n) is 12.8. The van der Waals surface area contributed by atoms with Crippen molar-refractivity contribution in [2.24, 2.45) is 0 Å². The summed E-state index contributed by atoms with van der Waals surface area (Å²) in [6.45, 7) is -0.393. The number of halogens is 1. The maximum absolute atomic E-state index is 12.0. The van der Waals surface area contributed by atoms with E-state index in [4.69, 9.17) is 16.3 Å². The minimum Gasteiger partial charge on any atom is -0.452 e. The summed E-state index contributed by atoms with van der Waals surface area (Å²) in [7, 11) is 0. The Morgan fingerprint density at radius 2 is 1.80 bits per heavy atom. The Labute approximate surface area is 147 Å². The van der Waals surface area contributed by atoms with Crippen LogP contribution in [0.2, 0.25) is 5.02 Å². The molecule has 0 spiro atoms. The number of anilines is 1. The molecule has 0 bridgehead atoms. The zero-order valence-corrected chi connectivity index (χ0v) is 13.6. The number of ether oxygens (including phenoxy) is 1. The van der Waals surface area contributed by atoms with Gasteiger partial charge in [-0.3, -0.25) is 4.79 Å². The van der Waals surface area contributed by atoms with E-state index in [0.29, 0.717) is 22.0 Å². The van der Waals surface area contributed by atoms with Crippen molar-refractivity contribution in [3.63, 3.8) is 0 Å². The van der Waals surface area contributed by atoms with Crippen LogP contribution >= 0.6 is 11.6 Å². The van der Waals surface area contributed by atoms with E-state index in [-0.39, 0.29) is 0 Å². The summed E-state index contributed by atoms with van der Waals surface area (Å²) in [6.07, 6.45) is 1.44. The fourth-order valence-corrected chi connectivity index (χ4v) is 2.10. The van der Waals surface area contributed by atoms with Gasteiger partial charge in [0.25, 0.3) is 5.91 Å². The molecule has 1 amide bonds. The molecule has 0 saturated heterocycles. The Balaban J connectivity index is 1.53. The van der Waals surface area contributed by atoms with Crippen LogP contribution in [0.3, 0.4) is 0 Å². The van der Waals surface area contributed by atoms with Gasteiger partial charge in [-0.2, -0.15) is 0 Å². The molecule has 0 radical (unpaired) electrons. The maximum atomic E-state index is 12.0. The summed E-state index contributed by atoms with van der Waals surface area (Å²) < 4.78 is 6.45. The fourth-order valence-electron chi connectivity index (χ4n) is 1.97. The average Bonchev–Trinajstić information content (AvgIpc) is 3.16. The van der Waals surface area contributed by atoms with E-state index in [0.717, 1.165) is 0 Å². The summed E-state index contributed by atoms with van der Waals surface area (Å²) in [5.74, 6) is -1.05. The Bertz CT molecular complexity index is 864. The van der Waals surface area contributed by atoms with Gasteiger partial charge in [-0.15, -0.1) is 5.10 Å². The molecule has 8 nitrogen and oxygen atoms in total. The lowest BCUT2D eigenvalue weighted by Gasteiger charge is -2.07. The fraction of sp³-hybridized carbons (Fsp3) is 0.0625. The van der Waals surface area contributed by atoms with E-state index in [9.17, 15) is 9.59 Å². The first kappa shape index (κ1) is 16.6. The molecule has 0 fully saturated rings. The van der Waals surface area contributed by atoms with Gasteiger partial charge < -0.3 is 10.1 Å². The normalized spacial score (nSPS) is 10.3. The van der Waals surface area contributed by atoms with Crippen molar-refractivity contribution >= 4 is 29.2 Å². The highest BCUT2D eigenvalue weighted by molar-refractivity contribution is 6.30. The number of nitrogens with zero attached hydrogens (tertiary/aromatic N) is 4. The Morgan fingerprint density at radius 3 is 2.44 bits per heavy atom. The number of rotatable bonds is 5. The molecule has 0 aliphatic carbocycles. The number of amides is 1. The molecule has 1 N–H and O–H groups in total. The number of carbonyl (C=O) groups is 2. The largest absolute Gasteiger partial charge is 0.452 e. The highest BCUT2D eigenvalue weighted by Gasteiger charge is 2.11. The number of hydrogen-bond acceptors (Lipinski definition) is 6. The van der Waals surface area contributed by atoms with Gasteiger partial charge in [-0.25, -0.2) is 9.48 Å². The summed E-state index contributed by atoms with van der Waals surface area (Å²) in [5.41, 5.74) is 1.58. The van der Waals surface area contributed by atoms with Gasteiger partial charge in [0.1, 0.15) is 6.33 Å². The van der Waals surface area contributed by atoms with Gasteiger partial charge in [-0.05, 0) is 59.0 Å². The van der Waals surface area contributed by atoms with Crippen molar-refractivity contribution in [3.05, 3.63) is 65.4 Å². The molecule has 0 aliphatic rings. The van der Waals surface area contributed by atoms with Crippen LogP contribution in [0.15, 0.2) is 54.9 Å². The third-order valence-electron chi connectivity index (χ3n) is 3.18. The van der Waals surface area contributed by atoms with Gasteiger partial charge >= 0.3 is 5.97 Å². The lowest BCUT2D eigenvalue weighted by molar-refractivity contribution is -0.119. The summed E-state index contributed by atoms with van der Waals surface area (Å²) in [5, 5.41) is 14.0. The minimum atomic E-state index is -0.602. The number of aromatic nitrogens is 4. The minimum absolute atomic E-state index is 0.316. The monoisotopic (exact) mass is 357 g/mol. The van der Waals surface area contributed by atoms with Crippen LogP contribution in [-0.2, 0) is 9.53 Å². The lowest BCUT2D eigenvalue weighted by atomic mass is 10.2. The second-order valence-electron chi connectivity index (χ2n) is 4.93. The van der Waals surface area contributed by atoms with Crippen LogP contribution in [0.4, 0.5) is 5.69 Å². The van der Waals surface area contributed by atoms with Crippen molar-refractivity contribution in [2.45, 2.75) is 0 Å². The third-order valence-corrected chi connectivity index (χ3v) is 3.43. The number of benzene rings is 2.